The number of rotatable bonds is 4. The monoisotopic (exact) mass is 268 g/mol. The van der Waals surface area contributed by atoms with Gasteiger partial charge in [0.05, 0.1) is 0 Å². The Morgan fingerprint density at radius 1 is 1.42 bits per heavy atom. The van der Waals surface area contributed by atoms with Crippen LogP contribution in [0.4, 0.5) is 0 Å². The van der Waals surface area contributed by atoms with Gasteiger partial charge in [0.25, 0.3) is 0 Å². The van der Waals surface area contributed by atoms with Gasteiger partial charge < -0.3 is 14.9 Å². The largest absolute Gasteiger partial charge is 0.396 e. The van der Waals surface area contributed by atoms with E-state index in [1.807, 2.05) is 18.7 Å². The Balaban J connectivity index is 2.07. The summed E-state index contributed by atoms with van der Waals surface area (Å²) in [7, 11) is 0. The van der Waals surface area contributed by atoms with Crippen LogP contribution < -0.4 is 0 Å². The zero-order valence-corrected chi connectivity index (χ0v) is 11.8. The Labute approximate surface area is 114 Å². The Hall–Kier alpha value is -1.10. The molecular weight excluding hydrogens is 244 g/mol. The maximum atomic E-state index is 12.6. The second kappa shape index (κ2) is 5.90. The molecule has 2 rings (SSSR count). The first kappa shape index (κ1) is 14.3. The van der Waals surface area contributed by atoms with E-state index in [1.165, 1.54) is 0 Å². The van der Waals surface area contributed by atoms with E-state index in [0.29, 0.717) is 26.1 Å². The fourth-order valence-electron chi connectivity index (χ4n) is 3.11. The molecule has 2 heterocycles. The summed E-state index contributed by atoms with van der Waals surface area (Å²) in [6.07, 6.45) is 2.28. The topological polar surface area (TPSA) is 60.9 Å². The van der Waals surface area contributed by atoms with E-state index in [9.17, 15) is 9.59 Å². The summed E-state index contributed by atoms with van der Waals surface area (Å²) in [6, 6.07) is -0.326. The lowest BCUT2D eigenvalue weighted by Gasteiger charge is -2.33. The molecule has 19 heavy (non-hydrogen) atoms. The number of aliphatic hydroxyl groups is 1. The molecule has 0 aromatic heterocycles. The SMILES string of the molecule is CC(C)C(C(=O)N1CCC(CO)C1)N1CCCC1=O. The van der Waals surface area contributed by atoms with Gasteiger partial charge in [-0.2, -0.15) is 0 Å². The number of carbonyl (C=O) groups is 2. The minimum Gasteiger partial charge on any atom is -0.396 e. The number of hydrogen-bond donors (Lipinski definition) is 1. The van der Waals surface area contributed by atoms with E-state index in [1.54, 1.807) is 4.90 Å². The summed E-state index contributed by atoms with van der Waals surface area (Å²) in [5.41, 5.74) is 0. The maximum Gasteiger partial charge on any atom is 0.245 e. The summed E-state index contributed by atoms with van der Waals surface area (Å²) >= 11 is 0. The van der Waals surface area contributed by atoms with Gasteiger partial charge in [0.15, 0.2) is 0 Å². The normalized spacial score (nSPS) is 25.5. The molecule has 0 spiro atoms. The van der Waals surface area contributed by atoms with E-state index in [2.05, 4.69) is 0 Å². The molecule has 108 valence electrons. The fourth-order valence-corrected chi connectivity index (χ4v) is 3.11. The number of carbonyl (C=O) groups excluding carboxylic acids is 2. The highest BCUT2D eigenvalue weighted by Crippen LogP contribution is 2.24. The van der Waals surface area contributed by atoms with Crippen LogP contribution in [0.2, 0.25) is 0 Å². The van der Waals surface area contributed by atoms with Gasteiger partial charge in [-0.1, -0.05) is 13.8 Å². The van der Waals surface area contributed by atoms with Crippen LogP contribution in [0, 0.1) is 11.8 Å². The van der Waals surface area contributed by atoms with Crippen molar-refractivity contribution < 1.29 is 14.7 Å². The summed E-state index contributed by atoms with van der Waals surface area (Å²) < 4.78 is 0. The molecule has 5 nitrogen and oxygen atoms in total. The van der Waals surface area contributed by atoms with Gasteiger partial charge in [0, 0.05) is 38.6 Å². The average molecular weight is 268 g/mol. The van der Waals surface area contributed by atoms with Crippen molar-refractivity contribution in [3.8, 4) is 0 Å². The van der Waals surface area contributed by atoms with Crippen molar-refractivity contribution in [1.82, 2.24) is 9.80 Å². The molecule has 0 aromatic carbocycles. The fraction of sp³-hybridized carbons (Fsp3) is 0.857. The van der Waals surface area contributed by atoms with Crippen molar-refractivity contribution in [2.24, 2.45) is 11.8 Å². The molecule has 2 atom stereocenters. The standard InChI is InChI=1S/C14H24N2O3/c1-10(2)13(16-6-3-4-12(16)18)14(19)15-7-5-11(8-15)9-17/h10-11,13,17H,3-9H2,1-2H3. The molecule has 0 aliphatic carbocycles. The van der Waals surface area contributed by atoms with Crippen LogP contribution in [0.3, 0.4) is 0 Å². The van der Waals surface area contributed by atoms with Gasteiger partial charge in [0.1, 0.15) is 6.04 Å². The van der Waals surface area contributed by atoms with Crippen LogP contribution in [-0.2, 0) is 9.59 Å². The lowest BCUT2D eigenvalue weighted by atomic mass is 10.0. The van der Waals surface area contributed by atoms with Crippen molar-refractivity contribution in [2.75, 3.05) is 26.2 Å². The van der Waals surface area contributed by atoms with Crippen LogP contribution in [0.15, 0.2) is 0 Å². The van der Waals surface area contributed by atoms with Gasteiger partial charge in [0.2, 0.25) is 11.8 Å². The Morgan fingerprint density at radius 3 is 2.63 bits per heavy atom. The Morgan fingerprint density at radius 2 is 2.16 bits per heavy atom. The van der Waals surface area contributed by atoms with Crippen LogP contribution in [0.5, 0.6) is 0 Å². The van der Waals surface area contributed by atoms with Crippen molar-refractivity contribution >= 4 is 11.8 Å². The first-order chi connectivity index (χ1) is 9.04. The Bertz CT molecular complexity index is 357. The van der Waals surface area contributed by atoms with Crippen LogP contribution in [0.25, 0.3) is 0 Å². The summed E-state index contributed by atoms with van der Waals surface area (Å²) in [5.74, 6) is 0.486. The second-order valence-electron chi connectivity index (χ2n) is 6.00. The number of likely N-dealkylation sites (tertiary alicyclic amines) is 2. The first-order valence-electron chi connectivity index (χ1n) is 7.23. The number of hydrogen-bond acceptors (Lipinski definition) is 3. The molecule has 0 saturated carbocycles. The predicted molar refractivity (Wildman–Crippen MR) is 71.3 cm³/mol. The van der Waals surface area contributed by atoms with Crippen LogP contribution in [0.1, 0.15) is 33.1 Å². The van der Waals surface area contributed by atoms with Gasteiger partial charge in [-0.3, -0.25) is 9.59 Å². The van der Waals surface area contributed by atoms with Crippen molar-refractivity contribution in [1.29, 1.82) is 0 Å². The molecule has 0 aromatic rings. The minimum atomic E-state index is -0.326. The highest BCUT2D eigenvalue weighted by Gasteiger charge is 2.38. The second-order valence-corrected chi connectivity index (χ2v) is 6.00. The molecule has 0 radical (unpaired) electrons. The van der Waals surface area contributed by atoms with Crippen molar-refractivity contribution in [2.45, 2.75) is 39.2 Å². The third-order valence-corrected chi connectivity index (χ3v) is 4.19. The van der Waals surface area contributed by atoms with Crippen LogP contribution in [-0.4, -0.2) is 59.0 Å². The molecule has 2 saturated heterocycles. The molecular formula is C14H24N2O3. The highest BCUT2D eigenvalue weighted by atomic mass is 16.3. The number of amides is 2. The van der Waals surface area contributed by atoms with Crippen molar-refractivity contribution in [3.63, 3.8) is 0 Å². The van der Waals surface area contributed by atoms with E-state index in [-0.39, 0.29) is 36.3 Å². The van der Waals surface area contributed by atoms with Gasteiger partial charge in [-0.25, -0.2) is 0 Å². The lowest BCUT2D eigenvalue weighted by molar-refractivity contribution is -0.144. The minimum absolute atomic E-state index is 0.0567. The summed E-state index contributed by atoms with van der Waals surface area (Å²) in [6.45, 7) is 6.15. The summed E-state index contributed by atoms with van der Waals surface area (Å²) in [4.78, 5) is 28.1. The third kappa shape index (κ3) is 2.91. The number of aliphatic hydroxyl groups excluding tert-OH is 1. The first-order valence-corrected chi connectivity index (χ1v) is 7.23. The van der Waals surface area contributed by atoms with E-state index in [4.69, 9.17) is 5.11 Å². The van der Waals surface area contributed by atoms with E-state index in [0.717, 1.165) is 12.8 Å². The molecule has 2 aliphatic rings. The highest BCUT2D eigenvalue weighted by molar-refractivity contribution is 5.89. The van der Waals surface area contributed by atoms with E-state index < -0.39 is 0 Å². The van der Waals surface area contributed by atoms with E-state index >= 15 is 0 Å². The van der Waals surface area contributed by atoms with Gasteiger partial charge in [-0.15, -0.1) is 0 Å². The molecule has 2 unspecified atom stereocenters. The summed E-state index contributed by atoms with van der Waals surface area (Å²) in [5, 5.41) is 9.16. The maximum absolute atomic E-state index is 12.6. The molecule has 1 N–H and O–H groups in total. The zero-order valence-electron chi connectivity index (χ0n) is 11.8. The molecule has 2 aliphatic heterocycles. The molecule has 2 amide bonds. The van der Waals surface area contributed by atoms with Crippen molar-refractivity contribution in [3.05, 3.63) is 0 Å². The number of nitrogens with zero attached hydrogens (tertiary/aromatic N) is 2. The average Bonchev–Trinajstić information content (AvgIpc) is 2.98. The smallest absolute Gasteiger partial charge is 0.245 e. The predicted octanol–water partition coefficient (Wildman–Crippen LogP) is 0.474. The zero-order chi connectivity index (χ0) is 14.0. The molecule has 0 bridgehead atoms. The molecule has 5 heteroatoms. The third-order valence-electron chi connectivity index (χ3n) is 4.19. The quantitative estimate of drug-likeness (QED) is 0.806. The Kier molecular flexibility index (Phi) is 4.45. The lowest BCUT2D eigenvalue weighted by Crippen LogP contribution is -2.51. The van der Waals surface area contributed by atoms with Crippen LogP contribution >= 0.6 is 0 Å². The van der Waals surface area contributed by atoms with Gasteiger partial charge >= 0.3 is 0 Å². The van der Waals surface area contributed by atoms with Gasteiger partial charge in [-0.05, 0) is 18.8 Å². The molecule has 2 fully saturated rings.